The number of aromatic nitrogens is 3. The Bertz CT molecular complexity index is 989. The van der Waals surface area contributed by atoms with Crippen LogP contribution in [0, 0.1) is 0 Å². The molecule has 3 heterocycles. The van der Waals surface area contributed by atoms with Crippen LogP contribution in [0.25, 0.3) is 16.5 Å². The number of nitrogens with one attached hydrogen (secondary N) is 1. The predicted molar refractivity (Wildman–Crippen MR) is 94.1 cm³/mol. The summed E-state index contributed by atoms with van der Waals surface area (Å²) in [5.74, 6) is 0. The minimum atomic E-state index is -0.215. The molecule has 0 atom stereocenters. The molecule has 0 bridgehead atoms. The molecule has 1 aliphatic rings. The summed E-state index contributed by atoms with van der Waals surface area (Å²) < 4.78 is 0. The maximum atomic E-state index is 11.9. The minimum absolute atomic E-state index is 0.215. The van der Waals surface area contributed by atoms with Gasteiger partial charge in [0, 0.05) is 31.1 Å². The van der Waals surface area contributed by atoms with Gasteiger partial charge in [-0.25, -0.2) is 5.10 Å². The molecule has 0 saturated carbocycles. The molecule has 0 spiro atoms. The third-order valence-electron chi connectivity index (χ3n) is 4.06. The molecule has 5 nitrogen and oxygen atoms in total. The summed E-state index contributed by atoms with van der Waals surface area (Å²) in [6.45, 7) is 1.65. The number of rotatable bonds is 3. The maximum Gasteiger partial charge on any atom is 0.273 e. The number of nitrogens with zero attached hydrogens (tertiary/aromatic N) is 3. The van der Waals surface area contributed by atoms with Crippen LogP contribution in [-0.4, -0.2) is 26.6 Å². The highest BCUT2D eigenvalue weighted by atomic mass is 16.1. The van der Waals surface area contributed by atoms with Gasteiger partial charge in [-0.1, -0.05) is 36.4 Å². The number of benzene rings is 1. The van der Waals surface area contributed by atoms with Crippen LogP contribution < -0.4 is 5.56 Å². The van der Waals surface area contributed by atoms with Crippen molar-refractivity contribution in [2.75, 3.05) is 6.54 Å². The average molecular weight is 316 g/mol. The Hall–Kier alpha value is -3.21. The fraction of sp³-hybridized carbons (Fsp3) is 0.105. The standard InChI is InChI=1S/C19H16N4O/c24-19-16-7-4-10-20-18(16)17(21-22-19)15-8-11-23(12-9-15)13-14-5-2-1-3-6-14/h1-11H,12-13H2,(H,22,24). The second kappa shape index (κ2) is 6.12. The van der Waals surface area contributed by atoms with E-state index in [1.807, 2.05) is 24.3 Å². The molecule has 0 saturated heterocycles. The highest BCUT2D eigenvalue weighted by molar-refractivity contribution is 5.90. The third-order valence-corrected chi connectivity index (χ3v) is 4.06. The van der Waals surface area contributed by atoms with Gasteiger partial charge in [-0.05, 0) is 23.8 Å². The minimum Gasteiger partial charge on any atom is -0.369 e. The fourth-order valence-electron chi connectivity index (χ4n) is 2.84. The van der Waals surface area contributed by atoms with Crippen LogP contribution in [0.5, 0.6) is 0 Å². The summed E-state index contributed by atoms with van der Waals surface area (Å²) >= 11 is 0. The van der Waals surface area contributed by atoms with Crippen molar-refractivity contribution in [3.63, 3.8) is 0 Å². The van der Waals surface area contributed by atoms with E-state index in [9.17, 15) is 4.79 Å². The molecule has 2 aromatic heterocycles. The lowest BCUT2D eigenvalue weighted by atomic mass is 10.1. The molecule has 5 heteroatoms. The van der Waals surface area contributed by atoms with Crippen LogP contribution in [-0.2, 0) is 6.54 Å². The first-order valence-corrected chi connectivity index (χ1v) is 7.81. The van der Waals surface area contributed by atoms with E-state index in [1.165, 1.54) is 5.56 Å². The molecule has 3 aromatic rings. The number of allylic oxidation sites excluding steroid dienone is 2. The summed E-state index contributed by atoms with van der Waals surface area (Å²) in [6, 6.07) is 13.9. The Morgan fingerprint density at radius 2 is 2.00 bits per heavy atom. The van der Waals surface area contributed by atoms with Crippen molar-refractivity contribution in [2.45, 2.75) is 6.54 Å². The van der Waals surface area contributed by atoms with Crippen LogP contribution in [0.3, 0.4) is 0 Å². The first kappa shape index (κ1) is 14.4. The predicted octanol–water partition coefficient (Wildman–Crippen LogP) is 2.73. The zero-order valence-electron chi connectivity index (χ0n) is 13.0. The van der Waals surface area contributed by atoms with Gasteiger partial charge in [-0.15, -0.1) is 0 Å². The van der Waals surface area contributed by atoms with E-state index in [4.69, 9.17) is 0 Å². The first-order chi connectivity index (χ1) is 11.8. The molecule has 1 aromatic carbocycles. The molecule has 118 valence electrons. The van der Waals surface area contributed by atoms with Crippen LogP contribution in [0.1, 0.15) is 11.3 Å². The van der Waals surface area contributed by atoms with Crippen LogP contribution in [0.4, 0.5) is 0 Å². The number of pyridine rings is 1. The Labute approximate surface area is 139 Å². The Balaban J connectivity index is 1.61. The second-order valence-electron chi connectivity index (χ2n) is 5.69. The molecule has 24 heavy (non-hydrogen) atoms. The van der Waals surface area contributed by atoms with E-state index in [2.05, 4.69) is 44.5 Å². The van der Waals surface area contributed by atoms with Crippen molar-refractivity contribution >= 4 is 16.5 Å². The number of hydrogen-bond acceptors (Lipinski definition) is 4. The number of H-pyrrole nitrogens is 1. The highest BCUT2D eigenvalue weighted by Crippen LogP contribution is 2.22. The number of hydrogen-bond donors (Lipinski definition) is 1. The van der Waals surface area contributed by atoms with E-state index < -0.39 is 0 Å². The molecule has 1 aliphatic heterocycles. The van der Waals surface area contributed by atoms with Gasteiger partial charge in [0.2, 0.25) is 0 Å². The van der Waals surface area contributed by atoms with Crippen molar-refractivity contribution < 1.29 is 0 Å². The van der Waals surface area contributed by atoms with Gasteiger partial charge >= 0.3 is 0 Å². The fourth-order valence-corrected chi connectivity index (χ4v) is 2.84. The van der Waals surface area contributed by atoms with Crippen molar-refractivity contribution in [3.8, 4) is 0 Å². The van der Waals surface area contributed by atoms with Gasteiger partial charge in [0.1, 0.15) is 11.2 Å². The molecule has 0 aliphatic carbocycles. The zero-order valence-corrected chi connectivity index (χ0v) is 13.0. The smallest absolute Gasteiger partial charge is 0.273 e. The third kappa shape index (κ3) is 2.72. The molecule has 0 radical (unpaired) electrons. The SMILES string of the molecule is O=c1[nH]nc(C2=CCN(Cc3ccccc3)C=C2)c2ncccc12. The molecule has 4 rings (SSSR count). The van der Waals surface area contributed by atoms with Gasteiger partial charge in [0.05, 0.1) is 5.39 Å². The van der Waals surface area contributed by atoms with E-state index in [1.54, 1.807) is 18.3 Å². The van der Waals surface area contributed by atoms with E-state index in [-0.39, 0.29) is 5.56 Å². The van der Waals surface area contributed by atoms with Gasteiger partial charge in [0.15, 0.2) is 0 Å². The first-order valence-electron chi connectivity index (χ1n) is 7.81. The lowest BCUT2D eigenvalue weighted by Crippen LogP contribution is -2.20. The van der Waals surface area contributed by atoms with Gasteiger partial charge in [0.25, 0.3) is 5.56 Å². The summed E-state index contributed by atoms with van der Waals surface area (Å²) in [4.78, 5) is 18.4. The normalized spacial score (nSPS) is 14.0. The van der Waals surface area contributed by atoms with Crippen LogP contribution in [0.15, 0.2) is 71.8 Å². The van der Waals surface area contributed by atoms with Gasteiger partial charge in [-0.3, -0.25) is 9.78 Å². The Morgan fingerprint density at radius 3 is 2.79 bits per heavy atom. The molecular weight excluding hydrogens is 300 g/mol. The van der Waals surface area contributed by atoms with Crippen molar-refractivity contribution in [1.29, 1.82) is 0 Å². The lowest BCUT2D eigenvalue weighted by Gasteiger charge is -2.22. The largest absolute Gasteiger partial charge is 0.369 e. The quantitative estimate of drug-likeness (QED) is 0.807. The summed E-state index contributed by atoms with van der Waals surface area (Å²) in [7, 11) is 0. The Morgan fingerprint density at radius 1 is 1.12 bits per heavy atom. The molecule has 0 fully saturated rings. The molecule has 1 N–H and O–H groups in total. The lowest BCUT2D eigenvalue weighted by molar-refractivity contribution is 0.406. The van der Waals surface area contributed by atoms with E-state index >= 15 is 0 Å². The van der Waals surface area contributed by atoms with Crippen molar-refractivity contribution in [2.24, 2.45) is 0 Å². The molecule has 0 amide bonds. The maximum absolute atomic E-state index is 11.9. The van der Waals surface area contributed by atoms with Crippen molar-refractivity contribution in [1.82, 2.24) is 20.1 Å². The average Bonchev–Trinajstić information content (AvgIpc) is 2.64. The zero-order chi connectivity index (χ0) is 16.4. The number of aromatic amines is 1. The highest BCUT2D eigenvalue weighted by Gasteiger charge is 2.13. The Kier molecular flexibility index (Phi) is 3.67. The van der Waals surface area contributed by atoms with Crippen molar-refractivity contribution in [3.05, 3.63) is 88.6 Å². The van der Waals surface area contributed by atoms with Gasteiger partial charge < -0.3 is 4.90 Å². The van der Waals surface area contributed by atoms with E-state index in [0.717, 1.165) is 18.7 Å². The molecule has 0 unspecified atom stereocenters. The summed E-state index contributed by atoms with van der Waals surface area (Å²) in [5.41, 5.74) is 3.37. The van der Waals surface area contributed by atoms with Gasteiger partial charge in [-0.2, -0.15) is 5.10 Å². The monoisotopic (exact) mass is 316 g/mol. The van der Waals surface area contributed by atoms with Crippen LogP contribution in [0.2, 0.25) is 0 Å². The summed E-state index contributed by atoms with van der Waals surface area (Å²) in [6.07, 6.45) is 7.87. The second-order valence-corrected chi connectivity index (χ2v) is 5.69. The number of fused-ring (bicyclic) bond motifs is 1. The topological polar surface area (TPSA) is 61.9 Å². The van der Waals surface area contributed by atoms with Crippen LogP contribution >= 0.6 is 0 Å². The molecular formula is C19H16N4O. The summed E-state index contributed by atoms with van der Waals surface area (Å²) in [5, 5.41) is 7.32. The van der Waals surface area contributed by atoms with E-state index in [0.29, 0.717) is 16.6 Å².